The van der Waals surface area contributed by atoms with Gasteiger partial charge in [0, 0.05) is 11.1 Å². The standard InChI is InChI=1S/C17H19ClFNO/c1-11-8-14(21-3)6-7-15(11)17(20-2)9-12-4-5-13(19)10-16(12)18/h4-8,10,17,20H,9H2,1-3H3. The first-order valence-corrected chi connectivity index (χ1v) is 7.18. The molecule has 0 saturated carbocycles. The lowest BCUT2D eigenvalue weighted by molar-refractivity contribution is 0.414. The molecule has 2 nitrogen and oxygen atoms in total. The van der Waals surface area contributed by atoms with Crippen LogP contribution in [-0.2, 0) is 6.42 Å². The van der Waals surface area contributed by atoms with Crippen molar-refractivity contribution in [1.29, 1.82) is 0 Å². The van der Waals surface area contributed by atoms with E-state index < -0.39 is 0 Å². The first kappa shape index (κ1) is 15.8. The zero-order valence-electron chi connectivity index (χ0n) is 12.4. The van der Waals surface area contributed by atoms with Crippen molar-refractivity contribution in [3.63, 3.8) is 0 Å². The average Bonchev–Trinajstić information content (AvgIpc) is 2.47. The third-order valence-corrected chi connectivity index (χ3v) is 3.99. The summed E-state index contributed by atoms with van der Waals surface area (Å²) in [6, 6.07) is 10.6. The van der Waals surface area contributed by atoms with Crippen LogP contribution in [0.2, 0.25) is 5.02 Å². The van der Waals surface area contributed by atoms with Gasteiger partial charge in [-0.25, -0.2) is 4.39 Å². The van der Waals surface area contributed by atoms with E-state index in [0.717, 1.165) is 16.9 Å². The lowest BCUT2D eigenvalue weighted by atomic mass is 9.95. The maximum Gasteiger partial charge on any atom is 0.124 e. The van der Waals surface area contributed by atoms with E-state index in [0.29, 0.717) is 11.4 Å². The lowest BCUT2D eigenvalue weighted by Gasteiger charge is -2.20. The number of aryl methyl sites for hydroxylation is 1. The van der Waals surface area contributed by atoms with Crippen molar-refractivity contribution in [2.45, 2.75) is 19.4 Å². The van der Waals surface area contributed by atoms with E-state index in [2.05, 4.69) is 12.2 Å². The molecule has 2 rings (SSSR count). The van der Waals surface area contributed by atoms with Crippen molar-refractivity contribution in [2.24, 2.45) is 0 Å². The van der Waals surface area contributed by atoms with Gasteiger partial charge in [-0.2, -0.15) is 0 Å². The molecule has 0 saturated heterocycles. The Morgan fingerprint density at radius 3 is 2.57 bits per heavy atom. The zero-order valence-corrected chi connectivity index (χ0v) is 13.2. The van der Waals surface area contributed by atoms with Gasteiger partial charge in [0.15, 0.2) is 0 Å². The minimum atomic E-state index is -0.314. The van der Waals surface area contributed by atoms with Gasteiger partial charge in [-0.15, -0.1) is 0 Å². The Morgan fingerprint density at radius 1 is 1.24 bits per heavy atom. The summed E-state index contributed by atoms with van der Waals surface area (Å²) in [6.07, 6.45) is 0.697. The van der Waals surface area contributed by atoms with Crippen LogP contribution in [0.1, 0.15) is 22.7 Å². The van der Waals surface area contributed by atoms with Crippen LogP contribution < -0.4 is 10.1 Å². The molecule has 21 heavy (non-hydrogen) atoms. The zero-order chi connectivity index (χ0) is 15.4. The van der Waals surface area contributed by atoms with Crippen molar-refractivity contribution in [3.8, 4) is 5.75 Å². The number of likely N-dealkylation sites (N-methyl/N-ethyl adjacent to an activating group) is 1. The van der Waals surface area contributed by atoms with Gasteiger partial charge in [0.1, 0.15) is 11.6 Å². The summed E-state index contributed by atoms with van der Waals surface area (Å²) in [5.41, 5.74) is 3.25. The van der Waals surface area contributed by atoms with E-state index >= 15 is 0 Å². The van der Waals surface area contributed by atoms with Crippen molar-refractivity contribution in [1.82, 2.24) is 5.32 Å². The van der Waals surface area contributed by atoms with E-state index in [-0.39, 0.29) is 11.9 Å². The van der Waals surface area contributed by atoms with Crippen LogP contribution >= 0.6 is 11.6 Å². The normalized spacial score (nSPS) is 12.2. The quantitative estimate of drug-likeness (QED) is 0.889. The Hall–Kier alpha value is -1.58. The van der Waals surface area contributed by atoms with E-state index in [1.165, 1.54) is 17.7 Å². The Balaban J connectivity index is 2.27. The molecule has 0 radical (unpaired) electrons. The van der Waals surface area contributed by atoms with Crippen LogP contribution in [0.3, 0.4) is 0 Å². The maximum atomic E-state index is 13.1. The van der Waals surface area contributed by atoms with Crippen LogP contribution in [0.4, 0.5) is 4.39 Å². The fraction of sp³-hybridized carbons (Fsp3) is 0.294. The number of halogens is 2. The molecule has 4 heteroatoms. The van der Waals surface area contributed by atoms with E-state index in [9.17, 15) is 4.39 Å². The highest BCUT2D eigenvalue weighted by Crippen LogP contribution is 2.27. The summed E-state index contributed by atoms with van der Waals surface area (Å²) in [5.74, 6) is 0.524. The van der Waals surface area contributed by atoms with E-state index in [4.69, 9.17) is 16.3 Å². The van der Waals surface area contributed by atoms with Crippen LogP contribution in [0.5, 0.6) is 5.75 Å². The Kier molecular flexibility index (Phi) is 5.21. The second kappa shape index (κ2) is 6.92. The smallest absolute Gasteiger partial charge is 0.124 e. The van der Waals surface area contributed by atoms with Gasteiger partial charge < -0.3 is 10.1 Å². The van der Waals surface area contributed by atoms with Gasteiger partial charge >= 0.3 is 0 Å². The van der Waals surface area contributed by atoms with E-state index in [1.807, 2.05) is 25.2 Å². The van der Waals surface area contributed by atoms with Gasteiger partial charge in [0.25, 0.3) is 0 Å². The molecule has 1 atom stereocenters. The summed E-state index contributed by atoms with van der Waals surface area (Å²) in [4.78, 5) is 0. The predicted molar refractivity (Wildman–Crippen MR) is 84.6 cm³/mol. The fourth-order valence-corrected chi connectivity index (χ4v) is 2.69. The summed E-state index contributed by atoms with van der Waals surface area (Å²) in [6.45, 7) is 2.05. The lowest BCUT2D eigenvalue weighted by Crippen LogP contribution is -2.20. The number of ether oxygens (including phenoxy) is 1. The van der Waals surface area contributed by atoms with Gasteiger partial charge in [-0.05, 0) is 61.3 Å². The second-order valence-electron chi connectivity index (χ2n) is 5.00. The molecule has 1 unspecified atom stereocenters. The van der Waals surface area contributed by atoms with Crippen molar-refractivity contribution < 1.29 is 9.13 Å². The van der Waals surface area contributed by atoms with Gasteiger partial charge in [-0.3, -0.25) is 0 Å². The van der Waals surface area contributed by atoms with Crippen LogP contribution in [0.25, 0.3) is 0 Å². The highest BCUT2D eigenvalue weighted by Gasteiger charge is 2.15. The molecular weight excluding hydrogens is 289 g/mol. The van der Waals surface area contributed by atoms with Gasteiger partial charge in [0.2, 0.25) is 0 Å². The molecule has 0 aliphatic carbocycles. The molecule has 2 aromatic rings. The summed E-state index contributed by atoms with van der Waals surface area (Å²) in [5, 5.41) is 3.75. The summed E-state index contributed by atoms with van der Waals surface area (Å²) < 4.78 is 18.4. The van der Waals surface area contributed by atoms with Crippen LogP contribution in [-0.4, -0.2) is 14.2 Å². The number of hydrogen-bond donors (Lipinski definition) is 1. The van der Waals surface area contributed by atoms with Crippen molar-refractivity contribution >= 4 is 11.6 Å². The average molecular weight is 308 g/mol. The summed E-state index contributed by atoms with van der Waals surface area (Å²) >= 11 is 6.12. The maximum absolute atomic E-state index is 13.1. The molecule has 0 amide bonds. The highest BCUT2D eigenvalue weighted by atomic mass is 35.5. The van der Waals surface area contributed by atoms with Crippen LogP contribution in [0, 0.1) is 12.7 Å². The largest absolute Gasteiger partial charge is 0.497 e. The summed E-state index contributed by atoms with van der Waals surface area (Å²) in [7, 11) is 3.56. The van der Waals surface area contributed by atoms with Crippen molar-refractivity contribution in [2.75, 3.05) is 14.2 Å². The van der Waals surface area contributed by atoms with Gasteiger partial charge in [-0.1, -0.05) is 23.7 Å². The number of nitrogens with one attached hydrogen (secondary N) is 1. The number of rotatable bonds is 5. The third-order valence-electron chi connectivity index (χ3n) is 3.64. The number of hydrogen-bond acceptors (Lipinski definition) is 2. The molecule has 0 aliphatic heterocycles. The number of benzene rings is 2. The highest BCUT2D eigenvalue weighted by molar-refractivity contribution is 6.31. The first-order chi connectivity index (χ1) is 10.0. The first-order valence-electron chi connectivity index (χ1n) is 6.81. The molecular formula is C17H19ClFNO. The molecule has 0 bridgehead atoms. The SMILES string of the molecule is CNC(Cc1ccc(F)cc1Cl)c1ccc(OC)cc1C. The monoisotopic (exact) mass is 307 g/mol. The van der Waals surface area contributed by atoms with Gasteiger partial charge in [0.05, 0.1) is 7.11 Å². The van der Waals surface area contributed by atoms with Crippen molar-refractivity contribution in [3.05, 3.63) is 63.9 Å². The molecule has 0 aromatic heterocycles. The predicted octanol–water partition coefficient (Wildman–Crippen LogP) is 4.30. The molecule has 2 aromatic carbocycles. The molecule has 0 heterocycles. The topological polar surface area (TPSA) is 21.3 Å². The number of methoxy groups -OCH3 is 1. The molecule has 112 valence electrons. The Morgan fingerprint density at radius 2 is 2.00 bits per heavy atom. The van der Waals surface area contributed by atoms with Crippen LogP contribution in [0.15, 0.2) is 36.4 Å². The minimum Gasteiger partial charge on any atom is -0.497 e. The third kappa shape index (κ3) is 3.74. The molecule has 1 N–H and O–H groups in total. The molecule has 0 fully saturated rings. The molecule has 0 aliphatic rings. The second-order valence-corrected chi connectivity index (χ2v) is 5.41. The molecule has 0 spiro atoms. The Bertz CT molecular complexity index is 630. The minimum absolute atomic E-state index is 0.110. The fourth-order valence-electron chi connectivity index (χ4n) is 2.44. The van der Waals surface area contributed by atoms with E-state index in [1.54, 1.807) is 13.2 Å². The Labute approximate surface area is 129 Å².